The highest BCUT2D eigenvalue weighted by Gasteiger charge is 2.26. The second-order valence-electron chi connectivity index (χ2n) is 6.62. The third kappa shape index (κ3) is 5.56. The number of aromatic hydroxyl groups is 1. The van der Waals surface area contributed by atoms with Gasteiger partial charge in [0.25, 0.3) is 5.91 Å². The van der Waals surface area contributed by atoms with Gasteiger partial charge in [-0.1, -0.05) is 30.3 Å². The molecule has 142 valence electrons. The molecule has 6 nitrogen and oxygen atoms in total. The SMILES string of the molecule is O=C(NCC1CN(CCCc2ccccc2)C(=O)CO1)c1ccc(O)cc1. The minimum atomic E-state index is -0.230. The second-order valence-corrected chi connectivity index (χ2v) is 6.62. The lowest BCUT2D eigenvalue weighted by molar-refractivity contribution is -0.148. The lowest BCUT2D eigenvalue weighted by atomic mass is 10.1. The molecular weight excluding hydrogens is 344 g/mol. The fourth-order valence-corrected chi connectivity index (χ4v) is 3.06. The summed E-state index contributed by atoms with van der Waals surface area (Å²) in [6.07, 6.45) is 1.59. The largest absolute Gasteiger partial charge is 0.508 e. The van der Waals surface area contributed by atoms with E-state index in [1.54, 1.807) is 12.1 Å². The van der Waals surface area contributed by atoms with Gasteiger partial charge in [-0.05, 0) is 42.7 Å². The van der Waals surface area contributed by atoms with Crippen LogP contribution in [0.5, 0.6) is 5.75 Å². The smallest absolute Gasteiger partial charge is 0.251 e. The molecular formula is C21H24N2O4. The Bertz CT molecular complexity index is 762. The number of ether oxygens (including phenoxy) is 1. The number of nitrogens with zero attached hydrogens (tertiary/aromatic N) is 1. The van der Waals surface area contributed by atoms with Gasteiger partial charge in [-0.15, -0.1) is 0 Å². The molecule has 3 rings (SSSR count). The molecule has 1 unspecified atom stereocenters. The van der Waals surface area contributed by atoms with Crippen molar-refractivity contribution in [2.45, 2.75) is 18.9 Å². The van der Waals surface area contributed by atoms with Crippen LogP contribution in [-0.2, 0) is 16.0 Å². The number of phenols is 1. The van der Waals surface area contributed by atoms with E-state index in [9.17, 15) is 14.7 Å². The first-order valence-corrected chi connectivity index (χ1v) is 9.12. The first-order chi connectivity index (χ1) is 13.1. The maximum absolute atomic E-state index is 12.1. The average Bonchev–Trinajstić information content (AvgIpc) is 2.69. The molecule has 1 heterocycles. The van der Waals surface area contributed by atoms with Crippen LogP contribution in [0.3, 0.4) is 0 Å². The summed E-state index contributed by atoms with van der Waals surface area (Å²) in [6.45, 7) is 1.54. The normalized spacial score (nSPS) is 17.0. The molecule has 0 bridgehead atoms. The molecule has 2 amide bonds. The summed E-state index contributed by atoms with van der Waals surface area (Å²) in [5.74, 6) is -0.123. The van der Waals surface area contributed by atoms with Gasteiger partial charge in [0, 0.05) is 25.2 Å². The molecule has 27 heavy (non-hydrogen) atoms. The molecule has 6 heteroatoms. The number of benzene rings is 2. The van der Waals surface area contributed by atoms with Gasteiger partial charge in [0.15, 0.2) is 0 Å². The number of phenolic OH excluding ortho intramolecular Hbond substituents is 1. The third-order valence-electron chi connectivity index (χ3n) is 4.58. The number of carbonyl (C=O) groups excluding carboxylic acids is 2. The molecule has 2 aromatic rings. The summed E-state index contributed by atoms with van der Waals surface area (Å²) in [5.41, 5.74) is 1.73. The van der Waals surface area contributed by atoms with Gasteiger partial charge in [-0.2, -0.15) is 0 Å². The predicted octanol–water partition coefficient (Wildman–Crippen LogP) is 1.98. The number of morpholine rings is 1. The van der Waals surface area contributed by atoms with E-state index in [0.29, 0.717) is 25.2 Å². The molecule has 2 aromatic carbocycles. The van der Waals surface area contributed by atoms with Crippen molar-refractivity contribution >= 4 is 11.8 Å². The van der Waals surface area contributed by atoms with Gasteiger partial charge in [0.2, 0.25) is 5.91 Å². The van der Waals surface area contributed by atoms with Crippen molar-refractivity contribution in [2.75, 3.05) is 26.2 Å². The average molecular weight is 368 g/mol. The first kappa shape index (κ1) is 18.9. The number of rotatable bonds is 7. The van der Waals surface area contributed by atoms with Gasteiger partial charge in [0.1, 0.15) is 12.4 Å². The van der Waals surface area contributed by atoms with Crippen molar-refractivity contribution in [3.8, 4) is 5.75 Å². The van der Waals surface area contributed by atoms with Crippen LogP contribution in [0.25, 0.3) is 0 Å². The van der Waals surface area contributed by atoms with Crippen molar-refractivity contribution in [3.63, 3.8) is 0 Å². The maximum Gasteiger partial charge on any atom is 0.251 e. The van der Waals surface area contributed by atoms with Crippen LogP contribution in [0, 0.1) is 0 Å². The van der Waals surface area contributed by atoms with E-state index in [-0.39, 0.29) is 30.3 Å². The van der Waals surface area contributed by atoms with Gasteiger partial charge < -0.3 is 20.1 Å². The van der Waals surface area contributed by atoms with E-state index < -0.39 is 0 Å². The van der Waals surface area contributed by atoms with E-state index in [4.69, 9.17) is 4.74 Å². The Morgan fingerprint density at radius 3 is 2.63 bits per heavy atom. The second kappa shape index (κ2) is 9.19. The van der Waals surface area contributed by atoms with Crippen LogP contribution in [0.4, 0.5) is 0 Å². The number of carbonyl (C=O) groups is 2. The van der Waals surface area contributed by atoms with Gasteiger partial charge in [-0.25, -0.2) is 0 Å². The number of hydrogen-bond acceptors (Lipinski definition) is 4. The Kier molecular flexibility index (Phi) is 6.44. The molecule has 0 spiro atoms. The highest BCUT2D eigenvalue weighted by molar-refractivity contribution is 5.94. The molecule has 2 N–H and O–H groups in total. The van der Waals surface area contributed by atoms with Crippen molar-refractivity contribution < 1.29 is 19.4 Å². The number of amides is 2. The van der Waals surface area contributed by atoms with Crippen LogP contribution in [0.15, 0.2) is 54.6 Å². The van der Waals surface area contributed by atoms with Crippen LogP contribution in [-0.4, -0.2) is 54.2 Å². The molecule has 0 saturated carbocycles. The molecule has 0 radical (unpaired) electrons. The zero-order valence-corrected chi connectivity index (χ0v) is 15.1. The fourth-order valence-electron chi connectivity index (χ4n) is 3.06. The van der Waals surface area contributed by atoms with E-state index in [1.807, 2.05) is 23.1 Å². The molecule has 1 saturated heterocycles. The molecule has 1 atom stereocenters. The summed E-state index contributed by atoms with van der Waals surface area (Å²) in [6, 6.07) is 16.3. The van der Waals surface area contributed by atoms with Crippen LogP contribution < -0.4 is 5.32 Å². The van der Waals surface area contributed by atoms with Crippen molar-refractivity contribution in [1.29, 1.82) is 0 Å². The fraction of sp³-hybridized carbons (Fsp3) is 0.333. The zero-order valence-electron chi connectivity index (χ0n) is 15.1. The quantitative estimate of drug-likeness (QED) is 0.783. The van der Waals surface area contributed by atoms with Crippen molar-refractivity contribution in [2.24, 2.45) is 0 Å². The Morgan fingerprint density at radius 2 is 1.89 bits per heavy atom. The predicted molar refractivity (Wildman–Crippen MR) is 102 cm³/mol. The molecule has 1 aliphatic heterocycles. The summed E-state index contributed by atoms with van der Waals surface area (Å²) >= 11 is 0. The van der Waals surface area contributed by atoms with Crippen LogP contribution >= 0.6 is 0 Å². The topological polar surface area (TPSA) is 78.9 Å². The van der Waals surface area contributed by atoms with Gasteiger partial charge in [0.05, 0.1) is 6.10 Å². The van der Waals surface area contributed by atoms with Crippen molar-refractivity contribution in [3.05, 3.63) is 65.7 Å². The summed E-state index contributed by atoms with van der Waals surface area (Å²) in [4.78, 5) is 26.0. The number of hydrogen-bond donors (Lipinski definition) is 2. The summed E-state index contributed by atoms with van der Waals surface area (Å²) in [5, 5.41) is 12.1. The van der Waals surface area contributed by atoms with E-state index in [0.717, 1.165) is 12.8 Å². The lowest BCUT2D eigenvalue weighted by Crippen LogP contribution is -2.50. The lowest BCUT2D eigenvalue weighted by Gasteiger charge is -2.33. The third-order valence-corrected chi connectivity index (χ3v) is 4.58. The van der Waals surface area contributed by atoms with Crippen LogP contribution in [0.2, 0.25) is 0 Å². The number of aryl methyl sites for hydroxylation is 1. The Hall–Kier alpha value is -2.86. The van der Waals surface area contributed by atoms with E-state index >= 15 is 0 Å². The monoisotopic (exact) mass is 368 g/mol. The molecule has 1 aliphatic rings. The Morgan fingerprint density at radius 1 is 1.15 bits per heavy atom. The summed E-state index contributed by atoms with van der Waals surface area (Å²) < 4.78 is 5.54. The summed E-state index contributed by atoms with van der Waals surface area (Å²) in [7, 11) is 0. The van der Waals surface area contributed by atoms with E-state index in [2.05, 4.69) is 17.4 Å². The van der Waals surface area contributed by atoms with Gasteiger partial charge >= 0.3 is 0 Å². The number of nitrogens with one attached hydrogen (secondary N) is 1. The maximum atomic E-state index is 12.1. The van der Waals surface area contributed by atoms with E-state index in [1.165, 1.54) is 17.7 Å². The molecule has 1 fully saturated rings. The van der Waals surface area contributed by atoms with Crippen LogP contribution in [0.1, 0.15) is 22.3 Å². The standard InChI is InChI=1S/C21H24N2O4/c24-18-10-8-17(9-11-18)21(26)22-13-19-14-23(20(25)15-27-19)12-4-7-16-5-2-1-3-6-16/h1-3,5-6,8-11,19,24H,4,7,12-15H2,(H,22,26). The first-order valence-electron chi connectivity index (χ1n) is 9.12. The molecule has 0 aliphatic carbocycles. The van der Waals surface area contributed by atoms with Gasteiger partial charge in [-0.3, -0.25) is 9.59 Å². The molecule has 0 aromatic heterocycles. The minimum absolute atomic E-state index is 0.0100. The zero-order chi connectivity index (χ0) is 19.1. The highest BCUT2D eigenvalue weighted by atomic mass is 16.5. The Labute approximate surface area is 158 Å². The Balaban J connectivity index is 1.44. The minimum Gasteiger partial charge on any atom is -0.508 e. The van der Waals surface area contributed by atoms with Crippen molar-refractivity contribution in [1.82, 2.24) is 10.2 Å². The highest BCUT2D eigenvalue weighted by Crippen LogP contribution is 2.11.